The maximum absolute atomic E-state index is 11.6. The molecule has 0 aliphatic heterocycles. The number of carbonyl (C=O) groups is 1. The Morgan fingerprint density at radius 1 is 1.29 bits per heavy atom. The molecular formula is C13H27NO3. The molecule has 0 saturated carbocycles. The first-order chi connectivity index (χ1) is 8.11. The summed E-state index contributed by atoms with van der Waals surface area (Å²) in [6.45, 7) is 7.86. The molecule has 0 fully saturated rings. The van der Waals surface area contributed by atoms with Gasteiger partial charge in [0.2, 0.25) is 0 Å². The van der Waals surface area contributed by atoms with Gasteiger partial charge < -0.3 is 14.7 Å². The van der Waals surface area contributed by atoms with Crippen LogP contribution in [0.2, 0.25) is 0 Å². The quantitative estimate of drug-likeness (QED) is 0.635. The van der Waals surface area contributed by atoms with Crippen LogP contribution in [0, 0.1) is 5.92 Å². The molecular weight excluding hydrogens is 218 g/mol. The van der Waals surface area contributed by atoms with Crippen molar-refractivity contribution < 1.29 is 14.6 Å². The molecule has 4 nitrogen and oxygen atoms in total. The van der Waals surface area contributed by atoms with Crippen molar-refractivity contribution in [3.8, 4) is 0 Å². The SMILES string of the molecule is CCCN(CCO)C(=O)OCCCCC(C)C. The summed E-state index contributed by atoms with van der Waals surface area (Å²) in [6, 6.07) is 0. The highest BCUT2D eigenvalue weighted by molar-refractivity contribution is 5.67. The minimum Gasteiger partial charge on any atom is -0.449 e. The molecule has 0 heterocycles. The van der Waals surface area contributed by atoms with Crippen LogP contribution in [0.3, 0.4) is 0 Å². The number of carbonyl (C=O) groups excluding carboxylic acids is 1. The highest BCUT2D eigenvalue weighted by Gasteiger charge is 2.12. The second-order valence-electron chi connectivity index (χ2n) is 4.71. The number of hydrogen-bond donors (Lipinski definition) is 1. The first-order valence-electron chi connectivity index (χ1n) is 6.64. The van der Waals surface area contributed by atoms with Crippen LogP contribution in [-0.2, 0) is 4.74 Å². The number of nitrogens with zero attached hydrogens (tertiary/aromatic N) is 1. The van der Waals surface area contributed by atoms with E-state index in [1.54, 1.807) is 4.90 Å². The Morgan fingerprint density at radius 3 is 2.53 bits per heavy atom. The fraction of sp³-hybridized carbons (Fsp3) is 0.923. The van der Waals surface area contributed by atoms with E-state index in [4.69, 9.17) is 9.84 Å². The molecule has 102 valence electrons. The van der Waals surface area contributed by atoms with Crippen LogP contribution in [0.5, 0.6) is 0 Å². The maximum atomic E-state index is 11.6. The molecule has 0 aromatic heterocycles. The lowest BCUT2D eigenvalue weighted by molar-refractivity contribution is 0.0924. The van der Waals surface area contributed by atoms with E-state index in [0.717, 1.165) is 19.3 Å². The van der Waals surface area contributed by atoms with Crippen molar-refractivity contribution in [1.82, 2.24) is 4.90 Å². The van der Waals surface area contributed by atoms with Crippen LogP contribution < -0.4 is 0 Å². The van der Waals surface area contributed by atoms with E-state index in [1.165, 1.54) is 6.42 Å². The molecule has 0 aliphatic carbocycles. The normalized spacial score (nSPS) is 10.6. The molecule has 17 heavy (non-hydrogen) atoms. The Hall–Kier alpha value is -0.770. The van der Waals surface area contributed by atoms with E-state index >= 15 is 0 Å². The van der Waals surface area contributed by atoms with Gasteiger partial charge in [-0.2, -0.15) is 0 Å². The topological polar surface area (TPSA) is 49.8 Å². The molecule has 0 unspecified atom stereocenters. The monoisotopic (exact) mass is 245 g/mol. The molecule has 1 amide bonds. The summed E-state index contributed by atoms with van der Waals surface area (Å²) in [4.78, 5) is 13.2. The van der Waals surface area contributed by atoms with Gasteiger partial charge in [0.1, 0.15) is 0 Å². The van der Waals surface area contributed by atoms with Crippen molar-refractivity contribution in [1.29, 1.82) is 0 Å². The standard InChI is InChI=1S/C13H27NO3/c1-4-8-14(9-10-15)13(16)17-11-6-5-7-12(2)3/h12,15H,4-11H2,1-3H3. The second kappa shape index (κ2) is 10.4. The third-order valence-corrected chi connectivity index (χ3v) is 2.52. The predicted octanol–water partition coefficient (Wildman–Crippen LogP) is 2.65. The summed E-state index contributed by atoms with van der Waals surface area (Å²) in [7, 11) is 0. The smallest absolute Gasteiger partial charge is 0.409 e. The Labute approximate surface area is 105 Å². The minimum absolute atomic E-state index is 0.0115. The maximum Gasteiger partial charge on any atom is 0.409 e. The van der Waals surface area contributed by atoms with Gasteiger partial charge in [0.15, 0.2) is 0 Å². The molecule has 0 radical (unpaired) electrons. The minimum atomic E-state index is -0.301. The lowest BCUT2D eigenvalue weighted by Crippen LogP contribution is -2.34. The molecule has 0 rings (SSSR count). The number of rotatable bonds is 9. The van der Waals surface area contributed by atoms with Crippen LogP contribution >= 0.6 is 0 Å². The van der Waals surface area contributed by atoms with Crippen LogP contribution in [0.25, 0.3) is 0 Å². The second-order valence-corrected chi connectivity index (χ2v) is 4.71. The number of hydrogen-bond acceptors (Lipinski definition) is 3. The fourth-order valence-corrected chi connectivity index (χ4v) is 1.59. The lowest BCUT2D eigenvalue weighted by atomic mass is 10.1. The zero-order valence-corrected chi connectivity index (χ0v) is 11.4. The largest absolute Gasteiger partial charge is 0.449 e. The Kier molecular flexibility index (Phi) is 9.92. The van der Waals surface area contributed by atoms with Crippen molar-refractivity contribution in [2.45, 2.75) is 46.5 Å². The molecule has 0 saturated heterocycles. The Bertz CT molecular complexity index is 189. The molecule has 0 aromatic carbocycles. The van der Waals surface area contributed by atoms with E-state index in [-0.39, 0.29) is 12.7 Å². The van der Waals surface area contributed by atoms with Gasteiger partial charge in [-0.05, 0) is 25.2 Å². The average molecular weight is 245 g/mol. The third kappa shape index (κ3) is 8.98. The van der Waals surface area contributed by atoms with Gasteiger partial charge in [0, 0.05) is 13.1 Å². The zero-order valence-electron chi connectivity index (χ0n) is 11.4. The van der Waals surface area contributed by atoms with Crippen LogP contribution in [0.4, 0.5) is 4.79 Å². The van der Waals surface area contributed by atoms with E-state index in [1.807, 2.05) is 6.92 Å². The summed E-state index contributed by atoms with van der Waals surface area (Å²) in [6.07, 6.45) is 3.77. The van der Waals surface area contributed by atoms with Crippen molar-refractivity contribution >= 4 is 6.09 Å². The van der Waals surface area contributed by atoms with Gasteiger partial charge in [-0.25, -0.2) is 4.79 Å². The van der Waals surface area contributed by atoms with Crippen molar-refractivity contribution in [2.24, 2.45) is 5.92 Å². The third-order valence-electron chi connectivity index (χ3n) is 2.52. The molecule has 0 spiro atoms. The molecule has 0 atom stereocenters. The van der Waals surface area contributed by atoms with Gasteiger partial charge in [-0.3, -0.25) is 0 Å². The van der Waals surface area contributed by atoms with Gasteiger partial charge in [-0.1, -0.05) is 27.2 Å². The highest BCUT2D eigenvalue weighted by Crippen LogP contribution is 2.06. The van der Waals surface area contributed by atoms with Crippen molar-refractivity contribution in [3.63, 3.8) is 0 Å². The lowest BCUT2D eigenvalue weighted by Gasteiger charge is -2.20. The summed E-state index contributed by atoms with van der Waals surface area (Å²) in [5.41, 5.74) is 0. The number of ether oxygens (including phenoxy) is 1. The van der Waals surface area contributed by atoms with E-state index in [0.29, 0.717) is 25.6 Å². The van der Waals surface area contributed by atoms with E-state index < -0.39 is 0 Å². The Morgan fingerprint density at radius 2 is 2.00 bits per heavy atom. The van der Waals surface area contributed by atoms with E-state index in [2.05, 4.69) is 13.8 Å². The van der Waals surface area contributed by atoms with Gasteiger partial charge in [0.05, 0.1) is 13.2 Å². The molecule has 0 aromatic rings. The average Bonchev–Trinajstić information content (AvgIpc) is 2.27. The number of unbranched alkanes of at least 4 members (excludes halogenated alkanes) is 1. The summed E-state index contributed by atoms with van der Waals surface area (Å²) in [5, 5.41) is 8.83. The first kappa shape index (κ1) is 16.2. The molecule has 0 bridgehead atoms. The number of amides is 1. The first-order valence-corrected chi connectivity index (χ1v) is 6.64. The van der Waals surface area contributed by atoms with Gasteiger partial charge in [-0.15, -0.1) is 0 Å². The predicted molar refractivity (Wildman–Crippen MR) is 69.0 cm³/mol. The molecule has 0 aliphatic rings. The van der Waals surface area contributed by atoms with Gasteiger partial charge >= 0.3 is 6.09 Å². The molecule has 1 N–H and O–H groups in total. The zero-order chi connectivity index (χ0) is 13.1. The highest BCUT2D eigenvalue weighted by atomic mass is 16.6. The summed E-state index contributed by atoms with van der Waals surface area (Å²) >= 11 is 0. The van der Waals surface area contributed by atoms with Crippen molar-refractivity contribution in [2.75, 3.05) is 26.3 Å². The van der Waals surface area contributed by atoms with Crippen LogP contribution in [0.1, 0.15) is 46.5 Å². The fourth-order valence-electron chi connectivity index (χ4n) is 1.59. The van der Waals surface area contributed by atoms with Crippen LogP contribution in [-0.4, -0.2) is 42.4 Å². The number of aliphatic hydroxyl groups excluding tert-OH is 1. The Balaban J connectivity index is 3.66. The molecule has 4 heteroatoms. The van der Waals surface area contributed by atoms with E-state index in [9.17, 15) is 4.79 Å². The van der Waals surface area contributed by atoms with Crippen molar-refractivity contribution in [3.05, 3.63) is 0 Å². The van der Waals surface area contributed by atoms with Gasteiger partial charge in [0.25, 0.3) is 0 Å². The van der Waals surface area contributed by atoms with Crippen LogP contribution in [0.15, 0.2) is 0 Å². The summed E-state index contributed by atoms with van der Waals surface area (Å²) < 4.78 is 5.17. The summed E-state index contributed by atoms with van der Waals surface area (Å²) in [5.74, 6) is 0.705. The number of aliphatic hydroxyl groups is 1.